The van der Waals surface area contributed by atoms with Crippen LogP contribution in [0, 0.1) is 5.82 Å². The standard InChI is InChI=1S/C10H15FN2O2S/c1-3-7(2)13-16(14,15)10-6-8(11)4-5-9(10)12/h4-7,13H,3,12H2,1-2H3. The lowest BCUT2D eigenvalue weighted by molar-refractivity contribution is 0.554. The fraction of sp³-hybridized carbons (Fsp3) is 0.400. The third kappa shape index (κ3) is 2.93. The molecular weight excluding hydrogens is 231 g/mol. The van der Waals surface area contributed by atoms with Gasteiger partial charge in [0.25, 0.3) is 0 Å². The molecule has 1 aromatic carbocycles. The normalized spacial score (nSPS) is 13.7. The van der Waals surface area contributed by atoms with Crippen molar-refractivity contribution < 1.29 is 12.8 Å². The van der Waals surface area contributed by atoms with E-state index >= 15 is 0 Å². The van der Waals surface area contributed by atoms with Crippen LogP contribution in [0.2, 0.25) is 0 Å². The van der Waals surface area contributed by atoms with Crippen LogP contribution in [0.3, 0.4) is 0 Å². The number of anilines is 1. The van der Waals surface area contributed by atoms with Gasteiger partial charge in [-0.05, 0) is 31.5 Å². The molecule has 16 heavy (non-hydrogen) atoms. The Bertz CT molecular complexity index is 474. The monoisotopic (exact) mass is 246 g/mol. The zero-order valence-electron chi connectivity index (χ0n) is 9.20. The van der Waals surface area contributed by atoms with E-state index in [4.69, 9.17) is 5.73 Å². The molecule has 0 heterocycles. The highest BCUT2D eigenvalue weighted by Gasteiger charge is 2.19. The van der Waals surface area contributed by atoms with Crippen LogP contribution >= 0.6 is 0 Å². The maximum Gasteiger partial charge on any atom is 0.242 e. The van der Waals surface area contributed by atoms with E-state index < -0.39 is 15.8 Å². The van der Waals surface area contributed by atoms with Crippen molar-refractivity contribution in [3.63, 3.8) is 0 Å². The summed E-state index contributed by atoms with van der Waals surface area (Å²) in [6, 6.07) is 3.06. The van der Waals surface area contributed by atoms with Crippen molar-refractivity contribution in [3.05, 3.63) is 24.0 Å². The Morgan fingerprint density at radius 3 is 2.69 bits per heavy atom. The third-order valence-electron chi connectivity index (χ3n) is 2.23. The first-order valence-corrected chi connectivity index (χ1v) is 6.42. The largest absolute Gasteiger partial charge is 0.398 e. The molecule has 3 N–H and O–H groups in total. The van der Waals surface area contributed by atoms with Gasteiger partial charge in [-0.2, -0.15) is 0 Å². The first-order valence-electron chi connectivity index (χ1n) is 4.94. The van der Waals surface area contributed by atoms with E-state index in [2.05, 4.69) is 4.72 Å². The molecule has 0 spiro atoms. The number of nitrogens with two attached hydrogens (primary N) is 1. The van der Waals surface area contributed by atoms with E-state index in [1.165, 1.54) is 6.07 Å². The topological polar surface area (TPSA) is 72.2 Å². The number of rotatable bonds is 4. The zero-order valence-corrected chi connectivity index (χ0v) is 10.0. The Balaban J connectivity index is 3.12. The lowest BCUT2D eigenvalue weighted by atomic mass is 10.3. The molecule has 4 nitrogen and oxygen atoms in total. The van der Waals surface area contributed by atoms with Gasteiger partial charge < -0.3 is 5.73 Å². The number of nitrogen functional groups attached to an aromatic ring is 1. The summed E-state index contributed by atoms with van der Waals surface area (Å²) in [5.41, 5.74) is 5.55. The second-order valence-electron chi connectivity index (χ2n) is 3.61. The highest BCUT2D eigenvalue weighted by Crippen LogP contribution is 2.19. The Morgan fingerprint density at radius 1 is 1.50 bits per heavy atom. The van der Waals surface area contributed by atoms with Gasteiger partial charge in [0.15, 0.2) is 0 Å². The second kappa shape index (κ2) is 4.80. The average molecular weight is 246 g/mol. The van der Waals surface area contributed by atoms with Crippen molar-refractivity contribution >= 4 is 15.7 Å². The summed E-state index contributed by atoms with van der Waals surface area (Å²) >= 11 is 0. The van der Waals surface area contributed by atoms with Gasteiger partial charge >= 0.3 is 0 Å². The molecule has 1 aromatic rings. The van der Waals surface area contributed by atoms with E-state index in [9.17, 15) is 12.8 Å². The molecule has 0 fully saturated rings. The predicted octanol–water partition coefficient (Wildman–Crippen LogP) is 1.48. The van der Waals surface area contributed by atoms with Crippen LogP contribution in [0.4, 0.5) is 10.1 Å². The van der Waals surface area contributed by atoms with Gasteiger partial charge in [-0.15, -0.1) is 0 Å². The number of nitrogens with one attached hydrogen (secondary N) is 1. The van der Waals surface area contributed by atoms with Crippen molar-refractivity contribution in [1.82, 2.24) is 4.72 Å². The van der Waals surface area contributed by atoms with Crippen LogP contribution in [-0.2, 0) is 10.0 Å². The van der Waals surface area contributed by atoms with E-state index in [0.29, 0.717) is 6.42 Å². The Kier molecular flexibility index (Phi) is 3.88. The fourth-order valence-electron chi connectivity index (χ4n) is 1.15. The van der Waals surface area contributed by atoms with Crippen LogP contribution in [0.25, 0.3) is 0 Å². The lowest BCUT2D eigenvalue weighted by Gasteiger charge is -2.13. The first kappa shape index (κ1) is 12.9. The van der Waals surface area contributed by atoms with E-state index in [0.717, 1.165) is 12.1 Å². The first-order chi connectivity index (χ1) is 7.36. The minimum atomic E-state index is -3.74. The molecule has 0 amide bonds. The maximum absolute atomic E-state index is 12.9. The van der Waals surface area contributed by atoms with Gasteiger partial charge in [0.1, 0.15) is 10.7 Å². The van der Waals surface area contributed by atoms with Crippen LogP contribution in [0.1, 0.15) is 20.3 Å². The predicted molar refractivity (Wildman–Crippen MR) is 60.9 cm³/mol. The summed E-state index contributed by atoms with van der Waals surface area (Å²) in [6.07, 6.45) is 0.647. The molecule has 6 heteroatoms. The quantitative estimate of drug-likeness (QED) is 0.790. The number of hydrogen-bond acceptors (Lipinski definition) is 3. The third-order valence-corrected chi connectivity index (χ3v) is 3.88. The molecule has 90 valence electrons. The number of halogens is 1. The summed E-state index contributed by atoms with van der Waals surface area (Å²) in [5.74, 6) is -0.626. The van der Waals surface area contributed by atoms with Gasteiger partial charge in [-0.3, -0.25) is 0 Å². The average Bonchev–Trinajstić information content (AvgIpc) is 2.20. The molecule has 0 aliphatic heterocycles. The molecule has 1 unspecified atom stereocenters. The number of benzene rings is 1. The van der Waals surface area contributed by atoms with E-state index in [1.807, 2.05) is 6.92 Å². The molecule has 0 aliphatic rings. The second-order valence-corrected chi connectivity index (χ2v) is 5.30. The summed E-state index contributed by atoms with van der Waals surface area (Å²) < 4.78 is 39.0. The molecule has 1 rings (SSSR count). The summed E-state index contributed by atoms with van der Waals surface area (Å²) in [7, 11) is -3.74. The van der Waals surface area contributed by atoms with Gasteiger partial charge in [-0.1, -0.05) is 6.92 Å². The fourth-order valence-corrected chi connectivity index (χ4v) is 2.62. The van der Waals surface area contributed by atoms with Crippen molar-refractivity contribution in [2.24, 2.45) is 0 Å². The summed E-state index contributed by atoms with van der Waals surface area (Å²) in [4.78, 5) is -0.215. The van der Waals surface area contributed by atoms with Gasteiger partial charge in [0.05, 0.1) is 5.69 Å². The van der Waals surface area contributed by atoms with Crippen molar-refractivity contribution in [1.29, 1.82) is 0 Å². The Hall–Kier alpha value is -1.14. The minimum Gasteiger partial charge on any atom is -0.398 e. The van der Waals surface area contributed by atoms with Crippen LogP contribution in [-0.4, -0.2) is 14.5 Å². The van der Waals surface area contributed by atoms with Crippen LogP contribution < -0.4 is 10.5 Å². The maximum atomic E-state index is 12.9. The molecule has 0 saturated heterocycles. The van der Waals surface area contributed by atoms with Gasteiger partial charge in [0.2, 0.25) is 10.0 Å². The summed E-state index contributed by atoms with van der Waals surface area (Å²) in [6.45, 7) is 3.58. The highest BCUT2D eigenvalue weighted by atomic mass is 32.2. The number of sulfonamides is 1. The molecule has 0 aromatic heterocycles. The molecule has 0 saturated carbocycles. The van der Waals surface area contributed by atoms with Crippen LogP contribution in [0.5, 0.6) is 0 Å². The molecule has 1 atom stereocenters. The van der Waals surface area contributed by atoms with E-state index in [-0.39, 0.29) is 16.6 Å². The molecule has 0 radical (unpaired) electrons. The molecule has 0 aliphatic carbocycles. The molecule has 0 bridgehead atoms. The smallest absolute Gasteiger partial charge is 0.242 e. The van der Waals surface area contributed by atoms with Gasteiger partial charge in [-0.25, -0.2) is 17.5 Å². The minimum absolute atomic E-state index is 0.0391. The number of hydrogen-bond donors (Lipinski definition) is 2. The zero-order chi connectivity index (χ0) is 12.3. The van der Waals surface area contributed by atoms with Crippen molar-refractivity contribution in [2.45, 2.75) is 31.2 Å². The van der Waals surface area contributed by atoms with Gasteiger partial charge in [0, 0.05) is 6.04 Å². The highest BCUT2D eigenvalue weighted by molar-refractivity contribution is 7.89. The van der Waals surface area contributed by atoms with Crippen LogP contribution in [0.15, 0.2) is 23.1 Å². The summed E-state index contributed by atoms with van der Waals surface area (Å²) in [5, 5.41) is 0. The van der Waals surface area contributed by atoms with Crippen molar-refractivity contribution in [3.8, 4) is 0 Å². The molecular formula is C10H15FN2O2S. The van der Waals surface area contributed by atoms with Crippen molar-refractivity contribution in [2.75, 3.05) is 5.73 Å². The Morgan fingerprint density at radius 2 is 2.12 bits per heavy atom. The van der Waals surface area contributed by atoms with E-state index in [1.54, 1.807) is 6.92 Å². The Labute approximate surface area is 94.7 Å². The lowest BCUT2D eigenvalue weighted by Crippen LogP contribution is -2.32. The SMILES string of the molecule is CCC(C)NS(=O)(=O)c1cc(F)ccc1N.